The number of nitriles is 1. The quantitative estimate of drug-likeness (QED) is 0.802. The lowest BCUT2D eigenvalue weighted by molar-refractivity contribution is 0.0905. The van der Waals surface area contributed by atoms with Crippen molar-refractivity contribution in [2.45, 2.75) is 20.6 Å². The van der Waals surface area contributed by atoms with Gasteiger partial charge >= 0.3 is 0 Å². The smallest absolute Gasteiger partial charge is 0.227 e. The van der Waals surface area contributed by atoms with Crippen LogP contribution in [0.1, 0.15) is 19.4 Å². The lowest BCUT2D eigenvalue weighted by Gasteiger charge is -2.05. The fraction of sp³-hybridized carbons (Fsp3) is 0.417. The van der Waals surface area contributed by atoms with Crippen LogP contribution in [0.25, 0.3) is 11.0 Å². The molecule has 0 aromatic carbocycles. The van der Waals surface area contributed by atoms with Gasteiger partial charge in [-0.15, -0.1) is 0 Å². The largest absolute Gasteiger partial charge is 0.477 e. The zero-order valence-corrected chi connectivity index (χ0v) is 10.4. The van der Waals surface area contributed by atoms with Gasteiger partial charge in [-0.25, -0.2) is 9.97 Å². The fourth-order valence-electron chi connectivity index (χ4n) is 1.71. The average Bonchev–Trinajstić information content (AvgIpc) is 2.76. The Morgan fingerprint density at radius 3 is 2.83 bits per heavy atom. The minimum Gasteiger partial charge on any atom is -0.477 e. The van der Waals surface area contributed by atoms with Crippen LogP contribution in [-0.2, 0) is 11.5 Å². The summed E-state index contributed by atoms with van der Waals surface area (Å²) in [5.41, 5.74) is 1.15. The lowest BCUT2D eigenvalue weighted by Crippen LogP contribution is -2.02. The zero-order chi connectivity index (χ0) is 13.0. The van der Waals surface area contributed by atoms with Gasteiger partial charge in [0.2, 0.25) is 5.88 Å². The maximum Gasteiger partial charge on any atom is 0.227 e. The molecular formula is C12H14N4O2. The topological polar surface area (TPSA) is 73.0 Å². The van der Waals surface area contributed by atoms with Crippen molar-refractivity contribution in [3.63, 3.8) is 0 Å². The van der Waals surface area contributed by atoms with E-state index >= 15 is 0 Å². The van der Waals surface area contributed by atoms with E-state index < -0.39 is 0 Å². The summed E-state index contributed by atoms with van der Waals surface area (Å²) in [5, 5.41) is 9.79. The molecule has 0 saturated carbocycles. The van der Waals surface area contributed by atoms with Crippen LogP contribution in [-0.4, -0.2) is 27.7 Å². The van der Waals surface area contributed by atoms with Crippen LogP contribution >= 0.6 is 0 Å². The third-order valence-corrected chi connectivity index (χ3v) is 2.45. The van der Waals surface area contributed by atoms with Crippen molar-refractivity contribution in [1.82, 2.24) is 14.5 Å². The molecule has 2 rings (SSSR count). The van der Waals surface area contributed by atoms with Crippen LogP contribution in [0.3, 0.4) is 0 Å². The molecule has 0 bridgehead atoms. The van der Waals surface area contributed by atoms with Crippen molar-refractivity contribution in [1.29, 1.82) is 5.26 Å². The second-order valence-electron chi connectivity index (χ2n) is 3.56. The molecule has 0 N–H and O–H groups in total. The van der Waals surface area contributed by atoms with Gasteiger partial charge in [-0.3, -0.25) is 0 Å². The highest BCUT2D eigenvalue weighted by Crippen LogP contribution is 2.26. The molecule has 0 unspecified atom stereocenters. The van der Waals surface area contributed by atoms with Gasteiger partial charge in [-0.2, -0.15) is 5.26 Å². The number of nitrogens with zero attached hydrogens (tertiary/aromatic N) is 4. The molecule has 0 aliphatic heterocycles. The summed E-state index contributed by atoms with van der Waals surface area (Å²) in [6.07, 6.45) is 3.13. The van der Waals surface area contributed by atoms with Crippen molar-refractivity contribution < 1.29 is 9.47 Å². The molecule has 0 amide bonds. The molecule has 6 nitrogen and oxygen atoms in total. The van der Waals surface area contributed by atoms with Gasteiger partial charge in [0, 0.05) is 12.8 Å². The normalized spacial score (nSPS) is 10.5. The molecule has 0 radical (unpaired) electrons. The molecule has 0 aliphatic carbocycles. The maximum atomic E-state index is 9.15. The Morgan fingerprint density at radius 2 is 2.17 bits per heavy atom. The number of rotatable bonds is 5. The summed E-state index contributed by atoms with van der Waals surface area (Å²) in [7, 11) is 0. The van der Waals surface area contributed by atoms with Gasteiger partial charge in [0.1, 0.15) is 19.1 Å². The summed E-state index contributed by atoms with van der Waals surface area (Å²) in [5.74, 6) is 0.439. The minimum absolute atomic E-state index is 0.358. The van der Waals surface area contributed by atoms with Crippen molar-refractivity contribution in [3.05, 3.63) is 18.1 Å². The first-order valence-corrected chi connectivity index (χ1v) is 5.76. The molecule has 0 saturated heterocycles. The Balaban J connectivity index is 2.56. The Morgan fingerprint density at radius 1 is 1.33 bits per heavy atom. The molecule has 6 heteroatoms. The molecule has 18 heavy (non-hydrogen) atoms. The fourth-order valence-corrected chi connectivity index (χ4v) is 1.71. The third-order valence-electron chi connectivity index (χ3n) is 2.45. The molecule has 2 aromatic rings. The van der Waals surface area contributed by atoms with Gasteiger partial charge in [0.25, 0.3) is 0 Å². The number of ether oxygens (including phenoxy) is 2. The highest BCUT2D eigenvalue weighted by molar-refractivity contribution is 5.87. The van der Waals surface area contributed by atoms with E-state index in [2.05, 4.69) is 16.0 Å². The standard InChI is InChI=1S/C12H14N4O2/c1-3-17-8-16-6-9(5-13)10-11(16)14-7-15-12(10)18-4-2/h6-7H,3-4,8H2,1-2H3. The first-order valence-electron chi connectivity index (χ1n) is 5.76. The van der Waals surface area contributed by atoms with E-state index in [9.17, 15) is 0 Å². The molecular weight excluding hydrogens is 232 g/mol. The van der Waals surface area contributed by atoms with Gasteiger partial charge in [0.05, 0.1) is 17.6 Å². The summed E-state index contributed by atoms with van der Waals surface area (Å²) < 4.78 is 12.5. The molecule has 94 valence electrons. The first-order chi connectivity index (χ1) is 8.81. The summed E-state index contributed by atoms with van der Waals surface area (Å²) in [4.78, 5) is 8.25. The summed E-state index contributed by atoms with van der Waals surface area (Å²) in [6.45, 7) is 5.24. The minimum atomic E-state index is 0.358. The molecule has 0 spiro atoms. The zero-order valence-electron chi connectivity index (χ0n) is 10.4. The van der Waals surface area contributed by atoms with Crippen LogP contribution in [0.5, 0.6) is 5.88 Å². The van der Waals surface area contributed by atoms with E-state index in [4.69, 9.17) is 14.7 Å². The van der Waals surface area contributed by atoms with E-state index in [0.29, 0.717) is 42.4 Å². The van der Waals surface area contributed by atoms with Crippen LogP contribution in [0.4, 0.5) is 0 Å². The summed E-state index contributed by atoms with van der Waals surface area (Å²) in [6, 6.07) is 2.13. The van der Waals surface area contributed by atoms with Gasteiger partial charge < -0.3 is 14.0 Å². The van der Waals surface area contributed by atoms with Crippen LogP contribution in [0, 0.1) is 11.3 Å². The van der Waals surface area contributed by atoms with Crippen molar-refractivity contribution in [2.75, 3.05) is 13.2 Å². The van der Waals surface area contributed by atoms with E-state index in [1.165, 1.54) is 6.33 Å². The molecule has 0 aliphatic rings. The van der Waals surface area contributed by atoms with Crippen LogP contribution < -0.4 is 4.74 Å². The van der Waals surface area contributed by atoms with E-state index in [1.54, 1.807) is 10.8 Å². The number of aromatic nitrogens is 3. The number of fused-ring (bicyclic) bond motifs is 1. The van der Waals surface area contributed by atoms with E-state index in [0.717, 1.165) is 0 Å². The molecule has 2 aromatic heterocycles. The van der Waals surface area contributed by atoms with Gasteiger partial charge in [0.15, 0.2) is 5.65 Å². The van der Waals surface area contributed by atoms with Gasteiger partial charge in [-0.05, 0) is 13.8 Å². The third kappa shape index (κ3) is 2.13. The number of hydrogen-bond acceptors (Lipinski definition) is 5. The Bertz CT molecular complexity index is 586. The van der Waals surface area contributed by atoms with Gasteiger partial charge in [-0.1, -0.05) is 0 Å². The highest BCUT2D eigenvalue weighted by atomic mass is 16.5. The Kier molecular flexibility index (Phi) is 3.75. The van der Waals surface area contributed by atoms with Crippen molar-refractivity contribution >= 4 is 11.0 Å². The molecule has 2 heterocycles. The lowest BCUT2D eigenvalue weighted by atomic mass is 10.2. The first kappa shape index (κ1) is 12.3. The predicted molar refractivity (Wildman–Crippen MR) is 65.0 cm³/mol. The second-order valence-corrected chi connectivity index (χ2v) is 3.56. The number of hydrogen-bond donors (Lipinski definition) is 0. The Hall–Kier alpha value is -2.13. The molecule has 0 atom stereocenters. The van der Waals surface area contributed by atoms with Crippen LogP contribution in [0.15, 0.2) is 12.5 Å². The second kappa shape index (κ2) is 5.47. The molecule has 0 fully saturated rings. The highest BCUT2D eigenvalue weighted by Gasteiger charge is 2.15. The van der Waals surface area contributed by atoms with Crippen LogP contribution in [0.2, 0.25) is 0 Å². The maximum absolute atomic E-state index is 9.15. The summed E-state index contributed by atoms with van der Waals surface area (Å²) >= 11 is 0. The SMILES string of the molecule is CCOCn1cc(C#N)c2c(OCC)ncnc21. The van der Waals surface area contributed by atoms with Crippen molar-refractivity contribution in [2.24, 2.45) is 0 Å². The van der Waals surface area contributed by atoms with E-state index in [-0.39, 0.29) is 0 Å². The average molecular weight is 246 g/mol. The van der Waals surface area contributed by atoms with E-state index in [1.807, 2.05) is 13.8 Å². The predicted octanol–water partition coefficient (Wildman–Crippen LogP) is 1.70. The monoisotopic (exact) mass is 246 g/mol. The Labute approximate surface area is 105 Å². The van der Waals surface area contributed by atoms with Crippen molar-refractivity contribution in [3.8, 4) is 11.9 Å².